The standard InChI is InChI=1S/C25H28N4O/c1-4-22-19(3)26-23(21-12-8-9-18(2)17-21)27-24(22)28-13-15-29(16-14-28)25(30)20-10-6-5-7-11-20/h5-12,17H,4,13-16H2,1-3H3. The third-order valence-corrected chi connectivity index (χ3v) is 5.71. The summed E-state index contributed by atoms with van der Waals surface area (Å²) in [6, 6.07) is 17.8. The average Bonchev–Trinajstić information content (AvgIpc) is 2.79. The van der Waals surface area contributed by atoms with Gasteiger partial charge in [0.25, 0.3) is 5.91 Å². The van der Waals surface area contributed by atoms with E-state index in [2.05, 4.69) is 43.9 Å². The molecule has 1 aliphatic rings. The van der Waals surface area contributed by atoms with Crippen LogP contribution < -0.4 is 4.90 Å². The van der Waals surface area contributed by atoms with E-state index in [1.54, 1.807) is 0 Å². The molecule has 2 heterocycles. The summed E-state index contributed by atoms with van der Waals surface area (Å²) in [5, 5.41) is 0. The second kappa shape index (κ2) is 8.66. The molecule has 30 heavy (non-hydrogen) atoms. The van der Waals surface area contributed by atoms with Crippen LogP contribution in [-0.4, -0.2) is 47.0 Å². The molecule has 5 heteroatoms. The van der Waals surface area contributed by atoms with Gasteiger partial charge in [-0.2, -0.15) is 0 Å². The molecule has 0 N–H and O–H groups in total. The maximum Gasteiger partial charge on any atom is 0.253 e. The molecule has 0 saturated carbocycles. The van der Waals surface area contributed by atoms with Gasteiger partial charge in [-0.15, -0.1) is 0 Å². The highest BCUT2D eigenvalue weighted by molar-refractivity contribution is 5.94. The Balaban J connectivity index is 1.57. The molecular formula is C25H28N4O. The quantitative estimate of drug-likeness (QED) is 0.656. The SMILES string of the molecule is CCc1c(C)nc(-c2cccc(C)c2)nc1N1CCN(C(=O)c2ccccc2)CC1. The van der Waals surface area contributed by atoms with Crippen molar-refractivity contribution in [3.8, 4) is 11.4 Å². The molecule has 0 atom stereocenters. The smallest absolute Gasteiger partial charge is 0.253 e. The van der Waals surface area contributed by atoms with Crippen LogP contribution >= 0.6 is 0 Å². The van der Waals surface area contributed by atoms with E-state index < -0.39 is 0 Å². The van der Waals surface area contributed by atoms with Crippen molar-refractivity contribution in [1.29, 1.82) is 0 Å². The topological polar surface area (TPSA) is 49.3 Å². The van der Waals surface area contributed by atoms with Gasteiger partial charge in [-0.3, -0.25) is 4.79 Å². The van der Waals surface area contributed by atoms with Crippen LogP contribution in [0, 0.1) is 13.8 Å². The Kier molecular flexibility index (Phi) is 5.79. The van der Waals surface area contributed by atoms with E-state index in [0.29, 0.717) is 13.1 Å². The first-order chi connectivity index (χ1) is 14.6. The third-order valence-electron chi connectivity index (χ3n) is 5.71. The summed E-state index contributed by atoms with van der Waals surface area (Å²) in [6.45, 7) is 9.24. The molecule has 5 nitrogen and oxygen atoms in total. The zero-order valence-corrected chi connectivity index (χ0v) is 17.9. The van der Waals surface area contributed by atoms with Gasteiger partial charge in [-0.25, -0.2) is 9.97 Å². The molecule has 0 radical (unpaired) electrons. The zero-order valence-electron chi connectivity index (χ0n) is 17.9. The van der Waals surface area contributed by atoms with Gasteiger partial charge in [-0.05, 0) is 38.5 Å². The monoisotopic (exact) mass is 400 g/mol. The minimum atomic E-state index is 0.102. The second-order valence-corrected chi connectivity index (χ2v) is 7.80. The predicted molar refractivity (Wildman–Crippen MR) is 121 cm³/mol. The minimum Gasteiger partial charge on any atom is -0.353 e. The van der Waals surface area contributed by atoms with Gasteiger partial charge in [0, 0.05) is 48.6 Å². The van der Waals surface area contributed by atoms with Crippen LogP contribution in [0.25, 0.3) is 11.4 Å². The molecule has 1 aromatic heterocycles. The number of amides is 1. The van der Waals surface area contributed by atoms with Crippen molar-refractivity contribution in [3.05, 3.63) is 77.0 Å². The van der Waals surface area contributed by atoms with Crippen molar-refractivity contribution in [2.75, 3.05) is 31.1 Å². The van der Waals surface area contributed by atoms with Crippen LogP contribution in [0.3, 0.4) is 0 Å². The van der Waals surface area contributed by atoms with Crippen molar-refractivity contribution < 1.29 is 4.79 Å². The average molecular weight is 401 g/mol. The van der Waals surface area contributed by atoms with Crippen LogP contribution in [0.4, 0.5) is 5.82 Å². The van der Waals surface area contributed by atoms with E-state index in [0.717, 1.165) is 48.0 Å². The lowest BCUT2D eigenvalue weighted by Gasteiger charge is -2.36. The fourth-order valence-electron chi connectivity index (χ4n) is 4.05. The Morgan fingerprint density at radius 1 is 0.933 bits per heavy atom. The first kappa shape index (κ1) is 20.1. The normalized spacial score (nSPS) is 14.1. The van der Waals surface area contributed by atoms with E-state index in [9.17, 15) is 4.79 Å². The number of anilines is 1. The Labute approximate surface area is 178 Å². The zero-order chi connectivity index (χ0) is 21.1. The molecule has 0 bridgehead atoms. The van der Waals surface area contributed by atoms with Gasteiger partial charge in [-0.1, -0.05) is 48.9 Å². The van der Waals surface area contributed by atoms with E-state index in [1.165, 1.54) is 11.1 Å². The van der Waals surface area contributed by atoms with Gasteiger partial charge in [0.15, 0.2) is 5.82 Å². The number of aryl methyl sites for hydroxylation is 2. The number of benzene rings is 2. The molecule has 1 saturated heterocycles. The molecule has 1 aliphatic heterocycles. The summed E-state index contributed by atoms with van der Waals surface area (Å²) in [5.74, 6) is 1.88. The lowest BCUT2D eigenvalue weighted by atomic mass is 10.1. The fourth-order valence-corrected chi connectivity index (χ4v) is 4.05. The summed E-state index contributed by atoms with van der Waals surface area (Å²) < 4.78 is 0. The molecular weight excluding hydrogens is 372 g/mol. The van der Waals surface area contributed by atoms with Gasteiger partial charge in [0.05, 0.1) is 0 Å². The van der Waals surface area contributed by atoms with E-state index in [4.69, 9.17) is 9.97 Å². The molecule has 1 amide bonds. The van der Waals surface area contributed by atoms with E-state index >= 15 is 0 Å². The highest BCUT2D eigenvalue weighted by Crippen LogP contribution is 2.27. The van der Waals surface area contributed by atoms with Gasteiger partial charge in [0.1, 0.15) is 5.82 Å². The predicted octanol–water partition coefficient (Wildman–Crippen LogP) is 4.29. The highest BCUT2D eigenvalue weighted by atomic mass is 16.2. The minimum absolute atomic E-state index is 0.102. The summed E-state index contributed by atoms with van der Waals surface area (Å²) in [6.07, 6.45) is 0.887. The van der Waals surface area contributed by atoms with Crippen LogP contribution in [0.15, 0.2) is 54.6 Å². The van der Waals surface area contributed by atoms with Gasteiger partial charge < -0.3 is 9.80 Å². The van der Waals surface area contributed by atoms with Gasteiger partial charge in [0.2, 0.25) is 0 Å². The largest absolute Gasteiger partial charge is 0.353 e. The Morgan fingerprint density at radius 2 is 1.67 bits per heavy atom. The Hall–Kier alpha value is -3.21. The van der Waals surface area contributed by atoms with E-state index in [-0.39, 0.29) is 5.91 Å². The molecule has 0 spiro atoms. The molecule has 2 aromatic carbocycles. The van der Waals surface area contributed by atoms with Crippen molar-refractivity contribution >= 4 is 11.7 Å². The second-order valence-electron chi connectivity index (χ2n) is 7.80. The van der Waals surface area contributed by atoms with E-state index in [1.807, 2.05) is 41.3 Å². The summed E-state index contributed by atoms with van der Waals surface area (Å²) in [5.41, 5.74) is 5.21. The number of carbonyl (C=O) groups excluding carboxylic acids is 1. The highest BCUT2D eigenvalue weighted by Gasteiger charge is 2.25. The van der Waals surface area contributed by atoms with Crippen LogP contribution in [0.5, 0.6) is 0 Å². The lowest BCUT2D eigenvalue weighted by molar-refractivity contribution is 0.0746. The lowest BCUT2D eigenvalue weighted by Crippen LogP contribution is -2.49. The summed E-state index contributed by atoms with van der Waals surface area (Å²) >= 11 is 0. The van der Waals surface area contributed by atoms with Crippen molar-refractivity contribution in [1.82, 2.24) is 14.9 Å². The molecule has 0 aliphatic carbocycles. The number of hydrogen-bond acceptors (Lipinski definition) is 4. The Morgan fingerprint density at radius 3 is 2.33 bits per heavy atom. The molecule has 1 fully saturated rings. The maximum atomic E-state index is 12.8. The molecule has 154 valence electrons. The van der Waals surface area contributed by atoms with Crippen molar-refractivity contribution in [2.24, 2.45) is 0 Å². The Bertz CT molecular complexity index is 1040. The number of rotatable bonds is 4. The number of piperazine rings is 1. The first-order valence-corrected chi connectivity index (χ1v) is 10.6. The third kappa shape index (κ3) is 4.06. The number of carbonyl (C=O) groups is 1. The summed E-state index contributed by atoms with van der Waals surface area (Å²) in [7, 11) is 0. The van der Waals surface area contributed by atoms with Gasteiger partial charge >= 0.3 is 0 Å². The molecule has 4 rings (SSSR count). The molecule has 0 unspecified atom stereocenters. The maximum absolute atomic E-state index is 12.8. The summed E-state index contributed by atoms with van der Waals surface area (Å²) in [4.78, 5) is 26.8. The van der Waals surface area contributed by atoms with Crippen LogP contribution in [0.2, 0.25) is 0 Å². The number of aromatic nitrogens is 2. The van der Waals surface area contributed by atoms with Crippen LogP contribution in [0.1, 0.15) is 34.1 Å². The van der Waals surface area contributed by atoms with Crippen molar-refractivity contribution in [3.63, 3.8) is 0 Å². The number of hydrogen-bond donors (Lipinski definition) is 0. The fraction of sp³-hybridized carbons (Fsp3) is 0.320. The van der Waals surface area contributed by atoms with Crippen molar-refractivity contribution in [2.45, 2.75) is 27.2 Å². The van der Waals surface area contributed by atoms with Crippen LogP contribution in [-0.2, 0) is 6.42 Å². The first-order valence-electron chi connectivity index (χ1n) is 10.6. The molecule has 3 aromatic rings. The number of nitrogens with zero attached hydrogens (tertiary/aromatic N) is 4.